The van der Waals surface area contributed by atoms with Crippen LogP contribution in [0.5, 0.6) is 0 Å². The summed E-state index contributed by atoms with van der Waals surface area (Å²) in [6, 6.07) is -0.629. The molecular formula is C9H19NO5S. The Hall–Kier alpha value is -0.660. The van der Waals surface area contributed by atoms with Crippen LogP contribution < -0.4 is 5.73 Å². The molecule has 1 atom stereocenters. The molecule has 1 rings (SSSR count). The fourth-order valence-electron chi connectivity index (χ4n) is 1.69. The maximum absolute atomic E-state index is 10.5. The molecule has 1 aliphatic carbocycles. The molecule has 0 aliphatic heterocycles. The van der Waals surface area contributed by atoms with Crippen molar-refractivity contribution in [3.63, 3.8) is 0 Å². The van der Waals surface area contributed by atoms with Crippen LogP contribution in [0.25, 0.3) is 0 Å². The summed E-state index contributed by atoms with van der Waals surface area (Å²) in [5.41, 5.74) is 5.49. The van der Waals surface area contributed by atoms with Gasteiger partial charge in [-0.2, -0.15) is 8.42 Å². The largest absolute Gasteiger partial charge is 0.480 e. The van der Waals surface area contributed by atoms with E-state index in [1.165, 1.54) is 6.42 Å². The van der Waals surface area contributed by atoms with Crippen molar-refractivity contribution in [2.24, 2.45) is 11.7 Å². The number of carboxylic acid groups (broad SMARTS) is 1. The van der Waals surface area contributed by atoms with Crippen LogP contribution >= 0.6 is 0 Å². The highest BCUT2D eigenvalue weighted by atomic mass is 32.2. The second-order valence-corrected chi connectivity index (χ2v) is 5.46. The van der Waals surface area contributed by atoms with Gasteiger partial charge in [0.1, 0.15) is 6.04 Å². The van der Waals surface area contributed by atoms with Crippen LogP contribution in [0.15, 0.2) is 0 Å². The van der Waals surface area contributed by atoms with Gasteiger partial charge in [0.2, 0.25) is 0 Å². The van der Waals surface area contributed by atoms with Gasteiger partial charge in [-0.25, -0.2) is 0 Å². The molecule has 1 saturated carbocycles. The molecule has 0 spiro atoms. The number of rotatable bonds is 2. The summed E-state index contributed by atoms with van der Waals surface area (Å²) < 4.78 is 25.9. The van der Waals surface area contributed by atoms with Crippen molar-refractivity contribution >= 4 is 16.1 Å². The Morgan fingerprint density at radius 2 is 1.69 bits per heavy atom. The Morgan fingerprint density at radius 1 is 1.31 bits per heavy atom. The number of carbonyl (C=O) groups is 1. The summed E-state index contributed by atoms with van der Waals surface area (Å²) in [5.74, 6) is -0.627. The van der Waals surface area contributed by atoms with Crippen LogP contribution in [0.4, 0.5) is 0 Å². The number of hydrogen-bond acceptors (Lipinski definition) is 4. The van der Waals surface area contributed by atoms with Crippen molar-refractivity contribution in [2.45, 2.75) is 38.1 Å². The fourth-order valence-corrected chi connectivity index (χ4v) is 1.69. The van der Waals surface area contributed by atoms with E-state index in [4.69, 9.17) is 15.4 Å². The predicted octanol–water partition coefficient (Wildman–Crippen LogP) is 0.483. The van der Waals surface area contributed by atoms with Crippen LogP contribution in [0.2, 0.25) is 0 Å². The van der Waals surface area contributed by atoms with Gasteiger partial charge in [0.25, 0.3) is 10.1 Å². The van der Waals surface area contributed by atoms with Crippen molar-refractivity contribution in [3.05, 3.63) is 0 Å². The van der Waals surface area contributed by atoms with Crippen molar-refractivity contribution in [1.29, 1.82) is 0 Å². The van der Waals surface area contributed by atoms with Gasteiger partial charge in [0.05, 0.1) is 6.26 Å². The van der Waals surface area contributed by atoms with Gasteiger partial charge in [-0.3, -0.25) is 9.35 Å². The summed E-state index contributed by atoms with van der Waals surface area (Å²) in [5, 5.41) is 8.61. The van der Waals surface area contributed by atoms with Gasteiger partial charge in [-0.05, 0) is 18.8 Å². The first-order valence-corrected chi connectivity index (χ1v) is 6.97. The van der Waals surface area contributed by atoms with E-state index in [1.807, 2.05) is 0 Å². The Morgan fingerprint density at radius 3 is 2.00 bits per heavy atom. The second-order valence-electron chi connectivity index (χ2n) is 4.00. The SMILES string of the molecule is CS(=O)(=O)O.N[C@@H](C(=O)O)C1CCCCC1. The Bertz CT molecular complexity index is 300. The maximum atomic E-state index is 10.5. The standard InChI is InChI=1S/C8H15NO2.CH4O3S/c9-7(8(10)11)6-4-2-1-3-5-6;1-5(2,3)4/h6-7H,1-5,9H2,(H,10,11);1H3,(H,2,3,4)/t7-;/m1./s1. The monoisotopic (exact) mass is 253 g/mol. The van der Waals surface area contributed by atoms with Crippen molar-refractivity contribution in [2.75, 3.05) is 6.26 Å². The van der Waals surface area contributed by atoms with Crippen LogP contribution in [-0.4, -0.2) is 36.3 Å². The molecule has 7 heteroatoms. The fraction of sp³-hybridized carbons (Fsp3) is 0.889. The smallest absolute Gasteiger partial charge is 0.320 e. The molecule has 0 heterocycles. The Labute approximate surface area is 95.6 Å². The minimum atomic E-state index is -3.67. The van der Waals surface area contributed by atoms with Crippen molar-refractivity contribution in [1.82, 2.24) is 0 Å². The lowest BCUT2D eigenvalue weighted by Gasteiger charge is -2.24. The molecule has 0 radical (unpaired) electrons. The molecule has 0 aromatic rings. The highest BCUT2D eigenvalue weighted by Crippen LogP contribution is 2.25. The lowest BCUT2D eigenvalue weighted by molar-refractivity contribution is -0.140. The van der Waals surface area contributed by atoms with E-state index >= 15 is 0 Å². The molecule has 0 aromatic heterocycles. The first-order valence-electron chi connectivity index (χ1n) is 5.12. The van der Waals surface area contributed by atoms with Gasteiger partial charge >= 0.3 is 5.97 Å². The third-order valence-corrected chi connectivity index (χ3v) is 2.44. The van der Waals surface area contributed by atoms with E-state index in [2.05, 4.69) is 0 Å². The Balaban J connectivity index is 0.000000385. The first-order chi connectivity index (χ1) is 7.22. The molecule has 1 fully saturated rings. The molecule has 96 valence electrons. The number of nitrogens with two attached hydrogens (primary N) is 1. The Kier molecular flexibility index (Phi) is 6.54. The second kappa shape index (κ2) is 6.82. The summed E-state index contributed by atoms with van der Waals surface area (Å²) in [6.45, 7) is 0. The van der Waals surface area contributed by atoms with E-state index in [-0.39, 0.29) is 5.92 Å². The molecular weight excluding hydrogens is 234 g/mol. The van der Waals surface area contributed by atoms with Gasteiger partial charge in [-0.1, -0.05) is 19.3 Å². The minimum absolute atomic E-state index is 0.223. The van der Waals surface area contributed by atoms with Crippen LogP contribution in [-0.2, 0) is 14.9 Å². The van der Waals surface area contributed by atoms with Gasteiger partial charge in [0.15, 0.2) is 0 Å². The average Bonchev–Trinajstić information content (AvgIpc) is 2.15. The van der Waals surface area contributed by atoms with Gasteiger partial charge in [-0.15, -0.1) is 0 Å². The zero-order chi connectivity index (χ0) is 12.8. The molecule has 16 heavy (non-hydrogen) atoms. The topological polar surface area (TPSA) is 118 Å². The highest BCUT2D eigenvalue weighted by molar-refractivity contribution is 7.85. The number of aliphatic carboxylic acids is 1. The summed E-state index contributed by atoms with van der Waals surface area (Å²) in [7, 11) is -3.67. The zero-order valence-corrected chi connectivity index (χ0v) is 10.1. The van der Waals surface area contributed by atoms with Crippen LogP contribution in [0, 0.1) is 5.92 Å². The van der Waals surface area contributed by atoms with E-state index in [9.17, 15) is 13.2 Å². The molecule has 0 saturated heterocycles. The highest BCUT2D eigenvalue weighted by Gasteiger charge is 2.25. The minimum Gasteiger partial charge on any atom is -0.480 e. The van der Waals surface area contributed by atoms with Gasteiger partial charge < -0.3 is 10.8 Å². The molecule has 6 nitrogen and oxygen atoms in total. The molecule has 0 aromatic carbocycles. The molecule has 4 N–H and O–H groups in total. The van der Waals surface area contributed by atoms with Crippen molar-refractivity contribution in [3.8, 4) is 0 Å². The van der Waals surface area contributed by atoms with E-state index < -0.39 is 22.1 Å². The lowest BCUT2D eigenvalue weighted by Crippen LogP contribution is -2.38. The quantitative estimate of drug-likeness (QED) is 0.616. The number of hydrogen-bond donors (Lipinski definition) is 3. The zero-order valence-electron chi connectivity index (χ0n) is 9.30. The van der Waals surface area contributed by atoms with E-state index in [0.717, 1.165) is 25.7 Å². The summed E-state index contributed by atoms with van der Waals surface area (Å²) in [6.07, 6.45) is 6.23. The lowest BCUT2D eigenvalue weighted by atomic mass is 9.84. The van der Waals surface area contributed by atoms with E-state index in [0.29, 0.717) is 6.26 Å². The predicted molar refractivity (Wildman–Crippen MR) is 59.7 cm³/mol. The molecule has 1 aliphatic rings. The van der Waals surface area contributed by atoms with E-state index in [1.54, 1.807) is 0 Å². The van der Waals surface area contributed by atoms with Crippen LogP contribution in [0.3, 0.4) is 0 Å². The molecule has 0 bridgehead atoms. The molecule has 0 amide bonds. The van der Waals surface area contributed by atoms with Crippen molar-refractivity contribution < 1.29 is 22.9 Å². The molecule has 0 unspecified atom stereocenters. The normalized spacial score (nSPS) is 19.4. The summed E-state index contributed by atoms with van der Waals surface area (Å²) in [4.78, 5) is 10.5. The van der Waals surface area contributed by atoms with Gasteiger partial charge in [0, 0.05) is 0 Å². The third kappa shape index (κ3) is 8.63. The average molecular weight is 253 g/mol. The summed E-state index contributed by atoms with van der Waals surface area (Å²) >= 11 is 0. The van der Waals surface area contributed by atoms with Crippen LogP contribution in [0.1, 0.15) is 32.1 Å². The number of carboxylic acids is 1. The first kappa shape index (κ1) is 15.3. The maximum Gasteiger partial charge on any atom is 0.320 e. The third-order valence-electron chi connectivity index (χ3n) is 2.44.